The number of nitrogens with zero attached hydrogens (tertiary/aromatic N) is 4. The fraction of sp³-hybridized carbons (Fsp3) is 0.300. The fourth-order valence-electron chi connectivity index (χ4n) is 1.87. The number of aryl methyl sites for hydroxylation is 1. The molecule has 3 heterocycles. The molecule has 0 saturated heterocycles. The zero-order valence-corrected chi connectivity index (χ0v) is 8.44. The van der Waals surface area contributed by atoms with Crippen LogP contribution in [0.15, 0.2) is 18.5 Å². The van der Waals surface area contributed by atoms with E-state index >= 15 is 0 Å². The highest BCUT2D eigenvalue weighted by atomic mass is 15.3. The van der Waals surface area contributed by atoms with Gasteiger partial charge in [0.15, 0.2) is 5.82 Å². The number of nitrogens with one attached hydrogen (secondary N) is 1. The fourth-order valence-corrected chi connectivity index (χ4v) is 1.87. The van der Waals surface area contributed by atoms with E-state index in [-0.39, 0.29) is 0 Å². The SMILES string of the molecule is CCc1nnc2n1-c1ccncc1NC2. The summed E-state index contributed by atoms with van der Waals surface area (Å²) in [6, 6.07) is 1.98. The highest BCUT2D eigenvalue weighted by Gasteiger charge is 2.19. The Morgan fingerprint density at radius 3 is 3.27 bits per heavy atom. The number of pyridine rings is 1. The normalized spacial score (nSPS) is 12.9. The van der Waals surface area contributed by atoms with Crippen molar-refractivity contribution in [2.45, 2.75) is 19.9 Å². The first kappa shape index (κ1) is 8.40. The summed E-state index contributed by atoms with van der Waals surface area (Å²) < 4.78 is 2.10. The van der Waals surface area contributed by atoms with Crippen molar-refractivity contribution < 1.29 is 0 Å². The van der Waals surface area contributed by atoms with Gasteiger partial charge in [0.05, 0.1) is 24.1 Å². The summed E-state index contributed by atoms with van der Waals surface area (Å²) in [4.78, 5) is 4.09. The van der Waals surface area contributed by atoms with Gasteiger partial charge in [-0.25, -0.2) is 0 Å². The van der Waals surface area contributed by atoms with Gasteiger partial charge >= 0.3 is 0 Å². The number of rotatable bonds is 1. The lowest BCUT2D eigenvalue weighted by atomic mass is 10.2. The average Bonchev–Trinajstić information content (AvgIpc) is 2.72. The Morgan fingerprint density at radius 1 is 1.47 bits per heavy atom. The maximum Gasteiger partial charge on any atom is 0.157 e. The third-order valence-corrected chi connectivity index (χ3v) is 2.59. The molecule has 2 aromatic rings. The number of fused-ring (bicyclic) bond motifs is 3. The van der Waals surface area contributed by atoms with Gasteiger partial charge in [-0.15, -0.1) is 10.2 Å². The Balaban J connectivity index is 2.27. The van der Waals surface area contributed by atoms with E-state index < -0.39 is 0 Å². The minimum Gasteiger partial charge on any atom is -0.375 e. The molecular weight excluding hydrogens is 190 g/mol. The molecule has 5 heteroatoms. The van der Waals surface area contributed by atoms with E-state index in [2.05, 4.69) is 32.0 Å². The van der Waals surface area contributed by atoms with Gasteiger partial charge in [-0.2, -0.15) is 0 Å². The maximum atomic E-state index is 4.17. The Bertz CT molecular complexity index is 489. The molecule has 0 atom stereocenters. The van der Waals surface area contributed by atoms with E-state index in [1.807, 2.05) is 12.3 Å². The van der Waals surface area contributed by atoms with Gasteiger partial charge in [0.2, 0.25) is 0 Å². The molecule has 0 aliphatic carbocycles. The van der Waals surface area contributed by atoms with Crippen molar-refractivity contribution in [3.8, 4) is 5.69 Å². The van der Waals surface area contributed by atoms with Crippen LogP contribution in [0.3, 0.4) is 0 Å². The molecule has 2 aromatic heterocycles. The molecule has 0 radical (unpaired) electrons. The number of anilines is 1. The Morgan fingerprint density at radius 2 is 2.40 bits per heavy atom. The molecule has 3 rings (SSSR count). The zero-order chi connectivity index (χ0) is 10.3. The molecule has 0 spiro atoms. The van der Waals surface area contributed by atoms with Gasteiger partial charge in [0.1, 0.15) is 5.82 Å². The molecule has 0 bridgehead atoms. The van der Waals surface area contributed by atoms with Crippen LogP contribution in [0.1, 0.15) is 18.6 Å². The molecule has 0 aromatic carbocycles. The second-order valence-corrected chi connectivity index (χ2v) is 3.47. The van der Waals surface area contributed by atoms with Crippen LogP contribution < -0.4 is 5.32 Å². The number of hydrogen-bond acceptors (Lipinski definition) is 4. The Kier molecular flexibility index (Phi) is 1.71. The van der Waals surface area contributed by atoms with Crippen molar-refractivity contribution in [1.82, 2.24) is 19.7 Å². The highest BCUT2D eigenvalue weighted by molar-refractivity contribution is 5.62. The first-order valence-corrected chi connectivity index (χ1v) is 5.01. The first-order chi connectivity index (χ1) is 7.40. The smallest absolute Gasteiger partial charge is 0.157 e. The van der Waals surface area contributed by atoms with E-state index in [0.29, 0.717) is 6.54 Å². The van der Waals surface area contributed by atoms with Gasteiger partial charge in [-0.1, -0.05) is 6.92 Å². The maximum absolute atomic E-state index is 4.17. The van der Waals surface area contributed by atoms with E-state index in [1.54, 1.807) is 6.20 Å². The molecule has 1 aliphatic rings. The summed E-state index contributed by atoms with van der Waals surface area (Å²) in [5.74, 6) is 1.96. The molecule has 76 valence electrons. The number of aromatic nitrogens is 4. The quantitative estimate of drug-likeness (QED) is 0.752. The molecule has 1 aliphatic heterocycles. The summed E-state index contributed by atoms with van der Waals surface area (Å²) >= 11 is 0. The summed E-state index contributed by atoms with van der Waals surface area (Å²) in [5.41, 5.74) is 2.13. The lowest BCUT2D eigenvalue weighted by Gasteiger charge is -2.19. The van der Waals surface area contributed by atoms with Crippen molar-refractivity contribution in [2.24, 2.45) is 0 Å². The van der Waals surface area contributed by atoms with Crippen LogP contribution in [0.5, 0.6) is 0 Å². The second-order valence-electron chi connectivity index (χ2n) is 3.47. The van der Waals surface area contributed by atoms with Crippen LogP contribution in [-0.2, 0) is 13.0 Å². The Labute approximate surface area is 87.2 Å². The van der Waals surface area contributed by atoms with Gasteiger partial charge < -0.3 is 5.32 Å². The standard InChI is InChI=1S/C10H11N5/c1-2-9-13-14-10-6-12-7-5-11-4-3-8(7)15(9)10/h3-5,12H,2,6H2,1H3. The van der Waals surface area contributed by atoms with Crippen LogP contribution in [0, 0.1) is 0 Å². The lowest BCUT2D eigenvalue weighted by Crippen LogP contribution is -2.17. The van der Waals surface area contributed by atoms with Crippen LogP contribution in [0.2, 0.25) is 0 Å². The summed E-state index contributed by atoms with van der Waals surface area (Å²) in [5, 5.41) is 11.6. The van der Waals surface area contributed by atoms with Crippen LogP contribution in [0.25, 0.3) is 5.69 Å². The van der Waals surface area contributed by atoms with Crippen molar-refractivity contribution in [1.29, 1.82) is 0 Å². The summed E-state index contributed by atoms with van der Waals surface area (Å²) in [6.07, 6.45) is 4.50. The summed E-state index contributed by atoms with van der Waals surface area (Å²) in [7, 11) is 0. The molecule has 0 unspecified atom stereocenters. The van der Waals surface area contributed by atoms with Crippen molar-refractivity contribution in [3.05, 3.63) is 30.1 Å². The van der Waals surface area contributed by atoms with Gasteiger partial charge in [0.25, 0.3) is 0 Å². The minimum absolute atomic E-state index is 0.714. The zero-order valence-electron chi connectivity index (χ0n) is 8.44. The number of hydrogen-bond donors (Lipinski definition) is 1. The predicted molar refractivity (Wildman–Crippen MR) is 55.9 cm³/mol. The summed E-state index contributed by atoms with van der Waals surface area (Å²) in [6.45, 7) is 2.80. The molecule has 0 fully saturated rings. The van der Waals surface area contributed by atoms with E-state index in [0.717, 1.165) is 29.4 Å². The van der Waals surface area contributed by atoms with Crippen molar-refractivity contribution >= 4 is 5.69 Å². The van der Waals surface area contributed by atoms with Crippen LogP contribution >= 0.6 is 0 Å². The molecule has 15 heavy (non-hydrogen) atoms. The third-order valence-electron chi connectivity index (χ3n) is 2.59. The van der Waals surface area contributed by atoms with E-state index in [1.165, 1.54) is 0 Å². The first-order valence-electron chi connectivity index (χ1n) is 5.01. The Hall–Kier alpha value is -1.91. The molecule has 0 amide bonds. The molecule has 0 saturated carbocycles. The molecular formula is C10H11N5. The lowest BCUT2D eigenvalue weighted by molar-refractivity contribution is 0.822. The average molecular weight is 201 g/mol. The monoisotopic (exact) mass is 201 g/mol. The predicted octanol–water partition coefficient (Wildman–Crippen LogP) is 1.15. The van der Waals surface area contributed by atoms with Gasteiger partial charge in [0, 0.05) is 12.6 Å². The molecule has 1 N–H and O–H groups in total. The topological polar surface area (TPSA) is 55.6 Å². The van der Waals surface area contributed by atoms with Gasteiger partial charge in [-0.05, 0) is 6.07 Å². The minimum atomic E-state index is 0.714. The van der Waals surface area contributed by atoms with Crippen molar-refractivity contribution in [2.75, 3.05) is 5.32 Å². The van der Waals surface area contributed by atoms with E-state index in [4.69, 9.17) is 0 Å². The van der Waals surface area contributed by atoms with Gasteiger partial charge in [-0.3, -0.25) is 9.55 Å². The highest BCUT2D eigenvalue weighted by Crippen LogP contribution is 2.26. The largest absolute Gasteiger partial charge is 0.375 e. The van der Waals surface area contributed by atoms with Crippen LogP contribution in [0.4, 0.5) is 5.69 Å². The van der Waals surface area contributed by atoms with Crippen molar-refractivity contribution in [3.63, 3.8) is 0 Å². The molecule has 5 nitrogen and oxygen atoms in total. The third kappa shape index (κ3) is 1.12. The van der Waals surface area contributed by atoms with E-state index in [9.17, 15) is 0 Å². The second kappa shape index (κ2) is 3.05. The van der Waals surface area contributed by atoms with Crippen LogP contribution in [-0.4, -0.2) is 19.7 Å².